The zero-order valence-electron chi connectivity index (χ0n) is 14.4. The van der Waals surface area contributed by atoms with Crippen LogP contribution in [0.1, 0.15) is 30.1 Å². The fourth-order valence-corrected chi connectivity index (χ4v) is 3.63. The third-order valence-electron chi connectivity index (χ3n) is 5.02. The first-order valence-corrected chi connectivity index (χ1v) is 8.79. The van der Waals surface area contributed by atoms with E-state index in [2.05, 4.69) is 57.1 Å². The number of fused-ring (bicyclic) bond motifs is 1. The number of nitrogens with two attached hydrogens (primary N) is 2. The van der Waals surface area contributed by atoms with E-state index in [-0.39, 0.29) is 0 Å². The molecular weight excluding hydrogens is 312 g/mol. The number of rotatable bonds is 5. The molecule has 5 N–H and O–H groups in total. The van der Waals surface area contributed by atoms with Crippen LogP contribution in [0.25, 0.3) is 10.9 Å². The van der Waals surface area contributed by atoms with E-state index in [1.807, 2.05) is 6.07 Å². The first kappa shape index (κ1) is 15.9. The smallest absolute Gasteiger partial charge is 0.222 e. The zero-order valence-corrected chi connectivity index (χ0v) is 14.4. The number of nitrogen functional groups attached to an aromatic ring is 1. The first-order chi connectivity index (χ1) is 12.1. The Balaban J connectivity index is 1.45. The van der Waals surface area contributed by atoms with Gasteiger partial charge in [0.1, 0.15) is 5.82 Å². The minimum absolute atomic E-state index is 0.294. The summed E-state index contributed by atoms with van der Waals surface area (Å²) >= 11 is 0. The maximum atomic E-state index is 5.88. The molecule has 0 unspecified atom stereocenters. The standard InChI is InChI=1S/C19H24N6/c1-12-8-13-4-2-3-5-17(13)25(12)7-6-22-18-11-16(23-19(21)24-18)14-9-15(20)10-14/h2-5,8,11,14-15H,6-7,9-10,20H2,1H3,(H3,21,22,23,24). The number of aryl methyl sites for hydroxylation is 1. The van der Waals surface area contributed by atoms with Crippen LogP contribution in [0.3, 0.4) is 0 Å². The van der Waals surface area contributed by atoms with Gasteiger partial charge in [-0.3, -0.25) is 0 Å². The molecule has 3 aromatic rings. The summed E-state index contributed by atoms with van der Waals surface area (Å²) in [4.78, 5) is 8.68. The first-order valence-electron chi connectivity index (χ1n) is 8.79. The quantitative estimate of drug-likeness (QED) is 0.666. The summed E-state index contributed by atoms with van der Waals surface area (Å²) in [6, 6.07) is 13.0. The number of nitrogens with zero attached hydrogens (tertiary/aromatic N) is 3. The maximum Gasteiger partial charge on any atom is 0.222 e. The van der Waals surface area contributed by atoms with Crippen molar-refractivity contribution < 1.29 is 0 Å². The van der Waals surface area contributed by atoms with Crippen LogP contribution in [0, 0.1) is 6.92 Å². The zero-order chi connectivity index (χ0) is 17.4. The van der Waals surface area contributed by atoms with E-state index in [1.165, 1.54) is 16.6 Å². The van der Waals surface area contributed by atoms with E-state index < -0.39 is 0 Å². The molecule has 1 aliphatic carbocycles. The fraction of sp³-hybridized carbons (Fsp3) is 0.368. The number of anilines is 2. The molecule has 1 saturated carbocycles. The van der Waals surface area contributed by atoms with Gasteiger partial charge in [-0.15, -0.1) is 0 Å². The number of hydrogen-bond donors (Lipinski definition) is 3. The average Bonchev–Trinajstić information content (AvgIpc) is 2.87. The van der Waals surface area contributed by atoms with Gasteiger partial charge in [0, 0.05) is 42.3 Å². The van der Waals surface area contributed by atoms with Gasteiger partial charge in [0.2, 0.25) is 5.95 Å². The Kier molecular flexibility index (Phi) is 4.05. The molecule has 1 aliphatic rings. The summed E-state index contributed by atoms with van der Waals surface area (Å²) in [6.07, 6.45) is 1.95. The topological polar surface area (TPSA) is 94.8 Å². The lowest BCUT2D eigenvalue weighted by Gasteiger charge is -2.32. The van der Waals surface area contributed by atoms with Gasteiger partial charge in [-0.2, -0.15) is 4.98 Å². The lowest BCUT2D eigenvalue weighted by atomic mass is 9.78. The molecule has 4 rings (SSSR count). The lowest BCUT2D eigenvalue weighted by molar-refractivity contribution is 0.345. The van der Waals surface area contributed by atoms with Crippen LogP contribution in [0.15, 0.2) is 36.4 Å². The van der Waals surface area contributed by atoms with E-state index in [0.717, 1.165) is 37.4 Å². The third kappa shape index (κ3) is 3.17. The van der Waals surface area contributed by atoms with Gasteiger partial charge >= 0.3 is 0 Å². The highest BCUT2D eigenvalue weighted by molar-refractivity contribution is 5.81. The van der Waals surface area contributed by atoms with Crippen LogP contribution < -0.4 is 16.8 Å². The van der Waals surface area contributed by atoms with Crippen LogP contribution in [0.5, 0.6) is 0 Å². The second kappa shape index (κ2) is 6.37. The van der Waals surface area contributed by atoms with Crippen molar-refractivity contribution in [3.63, 3.8) is 0 Å². The molecule has 0 bridgehead atoms. The van der Waals surface area contributed by atoms with Crippen molar-refractivity contribution in [1.29, 1.82) is 0 Å². The van der Waals surface area contributed by atoms with Crippen molar-refractivity contribution in [2.24, 2.45) is 5.73 Å². The van der Waals surface area contributed by atoms with Crippen molar-refractivity contribution in [2.75, 3.05) is 17.6 Å². The summed E-state index contributed by atoms with van der Waals surface area (Å²) in [7, 11) is 0. The highest BCUT2D eigenvalue weighted by atomic mass is 15.1. The molecule has 0 saturated heterocycles. The van der Waals surface area contributed by atoms with Crippen LogP contribution in [-0.4, -0.2) is 27.1 Å². The second-order valence-corrected chi connectivity index (χ2v) is 6.89. The highest BCUT2D eigenvalue weighted by Gasteiger charge is 2.29. The van der Waals surface area contributed by atoms with Gasteiger partial charge in [-0.1, -0.05) is 18.2 Å². The summed E-state index contributed by atoms with van der Waals surface area (Å²) in [5.41, 5.74) is 15.3. The molecule has 25 heavy (non-hydrogen) atoms. The van der Waals surface area contributed by atoms with Gasteiger partial charge in [0.05, 0.1) is 5.69 Å². The van der Waals surface area contributed by atoms with Crippen LogP contribution in [0.4, 0.5) is 11.8 Å². The van der Waals surface area contributed by atoms with E-state index >= 15 is 0 Å². The van der Waals surface area contributed by atoms with Crippen molar-refractivity contribution in [1.82, 2.24) is 14.5 Å². The molecule has 130 valence electrons. The van der Waals surface area contributed by atoms with Gasteiger partial charge < -0.3 is 21.4 Å². The third-order valence-corrected chi connectivity index (χ3v) is 5.02. The monoisotopic (exact) mass is 336 g/mol. The second-order valence-electron chi connectivity index (χ2n) is 6.89. The van der Waals surface area contributed by atoms with Gasteiger partial charge in [-0.05, 0) is 37.3 Å². The molecule has 1 aromatic carbocycles. The van der Waals surface area contributed by atoms with Crippen LogP contribution >= 0.6 is 0 Å². The largest absolute Gasteiger partial charge is 0.368 e. The Morgan fingerprint density at radius 2 is 2.00 bits per heavy atom. The van der Waals surface area contributed by atoms with E-state index in [4.69, 9.17) is 11.5 Å². The minimum atomic E-state index is 0.294. The molecule has 6 heteroatoms. The Hall–Kier alpha value is -2.60. The van der Waals surface area contributed by atoms with Gasteiger partial charge in [-0.25, -0.2) is 4.98 Å². The average molecular weight is 336 g/mol. The van der Waals surface area contributed by atoms with Crippen molar-refractivity contribution >= 4 is 22.7 Å². The summed E-state index contributed by atoms with van der Waals surface area (Å²) in [6.45, 7) is 3.78. The maximum absolute atomic E-state index is 5.88. The Bertz CT molecular complexity index is 894. The Morgan fingerprint density at radius 3 is 2.80 bits per heavy atom. The predicted molar refractivity (Wildman–Crippen MR) is 102 cm³/mol. The number of hydrogen-bond acceptors (Lipinski definition) is 5. The molecule has 0 atom stereocenters. The number of aromatic nitrogens is 3. The molecule has 0 amide bonds. The summed E-state index contributed by atoms with van der Waals surface area (Å²) in [5, 5.41) is 4.66. The number of para-hydroxylation sites is 1. The van der Waals surface area contributed by atoms with Crippen LogP contribution in [0.2, 0.25) is 0 Å². The lowest BCUT2D eigenvalue weighted by Crippen LogP contribution is -2.35. The molecule has 0 aliphatic heterocycles. The van der Waals surface area contributed by atoms with Gasteiger partial charge in [0.15, 0.2) is 0 Å². The molecule has 0 radical (unpaired) electrons. The SMILES string of the molecule is Cc1cc2ccccc2n1CCNc1cc(C2CC(N)C2)nc(N)n1. The van der Waals surface area contributed by atoms with Gasteiger partial charge in [0.25, 0.3) is 0 Å². The molecular formula is C19H24N6. The Morgan fingerprint density at radius 1 is 1.20 bits per heavy atom. The Labute approximate surface area is 147 Å². The molecule has 0 spiro atoms. The summed E-state index contributed by atoms with van der Waals surface area (Å²) < 4.78 is 2.32. The molecule has 6 nitrogen and oxygen atoms in total. The normalized spacial score (nSPS) is 19.8. The molecule has 2 aromatic heterocycles. The molecule has 2 heterocycles. The highest BCUT2D eigenvalue weighted by Crippen LogP contribution is 2.35. The van der Waals surface area contributed by atoms with E-state index in [1.54, 1.807) is 0 Å². The fourth-order valence-electron chi connectivity index (χ4n) is 3.63. The minimum Gasteiger partial charge on any atom is -0.368 e. The number of benzene rings is 1. The van der Waals surface area contributed by atoms with E-state index in [9.17, 15) is 0 Å². The molecule has 1 fully saturated rings. The summed E-state index contributed by atoms with van der Waals surface area (Å²) in [5.74, 6) is 1.52. The van der Waals surface area contributed by atoms with Crippen LogP contribution in [-0.2, 0) is 6.54 Å². The van der Waals surface area contributed by atoms with E-state index in [0.29, 0.717) is 17.9 Å². The number of nitrogens with one attached hydrogen (secondary N) is 1. The van der Waals surface area contributed by atoms with Crippen molar-refractivity contribution in [2.45, 2.75) is 38.3 Å². The van der Waals surface area contributed by atoms with Crippen molar-refractivity contribution in [3.8, 4) is 0 Å². The van der Waals surface area contributed by atoms with Crippen molar-refractivity contribution in [3.05, 3.63) is 47.8 Å². The predicted octanol–water partition coefficient (Wildman–Crippen LogP) is 2.64.